The van der Waals surface area contributed by atoms with Gasteiger partial charge >= 0.3 is 11.9 Å². The first-order valence-corrected chi connectivity index (χ1v) is 5.72. The highest BCUT2D eigenvalue weighted by atomic mass is 16.6. The van der Waals surface area contributed by atoms with Gasteiger partial charge in [-0.05, 0) is 40.5 Å². The molecule has 0 bridgehead atoms. The average molecular weight is 230 g/mol. The third-order valence-corrected chi connectivity index (χ3v) is 1.74. The molecule has 0 unspecified atom stereocenters. The Bertz CT molecular complexity index is 228. The van der Waals surface area contributed by atoms with Gasteiger partial charge in [0.25, 0.3) is 0 Å². The van der Waals surface area contributed by atoms with Crippen molar-refractivity contribution in [1.29, 1.82) is 0 Å². The van der Waals surface area contributed by atoms with Gasteiger partial charge in [-0.25, -0.2) is 0 Å². The molecule has 0 aromatic rings. The van der Waals surface area contributed by atoms with Crippen molar-refractivity contribution in [3.8, 4) is 0 Å². The van der Waals surface area contributed by atoms with E-state index >= 15 is 0 Å². The molecule has 0 radical (unpaired) electrons. The summed E-state index contributed by atoms with van der Waals surface area (Å²) < 4.78 is 9.91. The second kappa shape index (κ2) is 7.25. The van der Waals surface area contributed by atoms with Gasteiger partial charge in [0.05, 0.1) is 6.61 Å². The zero-order valence-corrected chi connectivity index (χ0v) is 10.7. The van der Waals surface area contributed by atoms with Crippen LogP contribution in [0.4, 0.5) is 0 Å². The molecule has 0 amide bonds. The van der Waals surface area contributed by atoms with Gasteiger partial charge in [-0.2, -0.15) is 0 Å². The van der Waals surface area contributed by atoms with Gasteiger partial charge in [0.1, 0.15) is 5.60 Å². The van der Waals surface area contributed by atoms with E-state index in [1.807, 2.05) is 20.8 Å². The van der Waals surface area contributed by atoms with Crippen LogP contribution in [-0.4, -0.2) is 24.1 Å². The Morgan fingerprint density at radius 1 is 1.00 bits per heavy atom. The van der Waals surface area contributed by atoms with E-state index < -0.39 is 5.60 Å². The lowest BCUT2D eigenvalue weighted by Gasteiger charge is -2.19. The van der Waals surface area contributed by atoms with Crippen LogP contribution in [0.1, 0.15) is 53.4 Å². The number of unbranched alkanes of at least 4 members (excludes halogenated alkanes) is 1. The molecule has 0 N–H and O–H groups in total. The fraction of sp³-hybridized carbons (Fsp3) is 0.833. The number of hydrogen-bond donors (Lipinski definition) is 0. The monoisotopic (exact) mass is 230 g/mol. The molecule has 0 saturated heterocycles. The highest BCUT2D eigenvalue weighted by molar-refractivity contribution is 5.70. The molecular weight excluding hydrogens is 208 g/mol. The van der Waals surface area contributed by atoms with Crippen molar-refractivity contribution in [3.63, 3.8) is 0 Å². The van der Waals surface area contributed by atoms with Crippen LogP contribution in [0.25, 0.3) is 0 Å². The minimum atomic E-state index is -0.432. The van der Waals surface area contributed by atoms with Crippen molar-refractivity contribution >= 4 is 11.9 Å². The zero-order chi connectivity index (χ0) is 12.6. The first kappa shape index (κ1) is 14.9. The van der Waals surface area contributed by atoms with Gasteiger partial charge in [-0.1, -0.05) is 0 Å². The third-order valence-electron chi connectivity index (χ3n) is 1.74. The Labute approximate surface area is 97.3 Å². The standard InChI is InChI=1S/C12H22O4/c1-5-15-10(13)8-6-7-9-11(14)16-12(2,3)4/h5-9H2,1-4H3. The minimum Gasteiger partial charge on any atom is -0.466 e. The third kappa shape index (κ3) is 9.49. The van der Waals surface area contributed by atoms with E-state index in [1.54, 1.807) is 6.92 Å². The lowest BCUT2D eigenvalue weighted by molar-refractivity contribution is -0.155. The number of rotatable bonds is 6. The van der Waals surface area contributed by atoms with Crippen molar-refractivity contribution in [1.82, 2.24) is 0 Å². The molecule has 0 heterocycles. The van der Waals surface area contributed by atoms with Crippen LogP contribution in [-0.2, 0) is 19.1 Å². The summed E-state index contributed by atoms with van der Waals surface area (Å²) >= 11 is 0. The van der Waals surface area contributed by atoms with Crippen molar-refractivity contribution in [2.75, 3.05) is 6.61 Å². The number of hydrogen-bond acceptors (Lipinski definition) is 4. The van der Waals surface area contributed by atoms with E-state index in [1.165, 1.54) is 0 Å². The molecule has 0 aliphatic rings. The maximum Gasteiger partial charge on any atom is 0.306 e. The molecule has 0 aliphatic heterocycles. The van der Waals surface area contributed by atoms with E-state index in [9.17, 15) is 9.59 Å². The Balaban J connectivity index is 3.52. The van der Waals surface area contributed by atoms with Gasteiger partial charge in [0, 0.05) is 12.8 Å². The smallest absolute Gasteiger partial charge is 0.306 e. The topological polar surface area (TPSA) is 52.6 Å². The van der Waals surface area contributed by atoms with Crippen LogP contribution in [0.2, 0.25) is 0 Å². The molecule has 4 nitrogen and oxygen atoms in total. The van der Waals surface area contributed by atoms with Gasteiger partial charge in [-0.15, -0.1) is 0 Å². The summed E-state index contributed by atoms with van der Waals surface area (Å²) in [5.74, 6) is -0.414. The molecule has 0 aliphatic carbocycles. The first-order chi connectivity index (χ1) is 7.35. The maximum atomic E-state index is 11.3. The van der Waals surface area contributed by atoms with Gasteiger partial charge in [0.2, 0.25) is 0 Å². The summed E-state index contributed by atoms with van der Waals surface area (Å²) in [6.45, 7) is 7.69. The summed E-state index contributed by atoms with van der Waals surface area (Å²) in [5, 5.41) is 0. The van der Waals surface area contributed by atoms with Crippen LogP contribution in [0, 0.1) is 0 Å². The molecule has 16 heavy (non-hydrogen) atoms. The minimum absolute atomic E-state index is 0.202. The number of ether oxygens (including phenoxy) is 2. The van der Waals surface area contributed by atoms with Gasteiger partial charge in [-0.3, -0.25) is 9.59 Å². The van der Waals surface area contributed by atoms with E-state index in [0.717, 1.165) is 0 Å². The Morgan fingerprint density at radius 3 is 1.94 bits per heavy atom. The van der Waals surface area contributed by atoms with Crippen molar-refractivity contribution in [2.24, 2.45) is 0 Å². The van der Waals surface area contributed by atoms with Crippen LogP contribution >= 0.6 is 0 Å². The van der Waals surface area contributed by atoms with E-state index in [0.29, 0.717) is 32.3 Å². The Hall–Kier alpha value is -1.06. The van der Waals surface area contributed by atoms with E-state index in [4.69, 9.17) is 9.47 Å². The summed E-state index contributed by atoms with van der Waals surface area (Å²) in [6.07, 6.45) is 2.05. The second-order valence-corrected chi connectivity index (χ2v) is 4.60. The highest BCUT2D eigenvalue weighted by Crippen LogP contribution is 2.10. The lowest BCUT2D eigenvalue weighted by atomic mass is 10.1. The van der Waals surface area contributed by atoms with Crippen molar-refractivity contribution < 1.29 is 19.1 Å². The average Bonchev–Trinajstić information content (AvgIpc) is 2.10. The molecule has 94 valence electrons. The summed E-state index contributed by atoms with van der Waals surface area (Å²) in [7, 11) is 0. The number of carbonyl (C=O) groups excluding carboxylic acids is 2. The quantitative estimate of drug-likeness (QED) is 0.519. The zero-order valence-electron chi connectivity index (χ0n) is 10.7. The highest BCUT2D eigenvalue weighted by Gasteiger charge is 2.15. The molecular formula is C12H22O4. The molecule has 0 aromatic heterocycles. The second-order valence-electron chi connectivity index (χ2n) is 4.60. The molecule has 0 rings (SSSR count). The molecule has 0 aromatic carbocycles. The number of carbonyl (C=O) groups is 2. The number of esters is 2. The van der Waals surface area contributed by atoms with Crippen LogP contribution in [0.3, 0.4) is 0 Å². The van der Waals surface area contributed by atoms with Crippen LogP contribution in [0.15, 0.2) is 0 Å². The van der Waals surface area contributed by atoms with Gasteiger partial charge < -0.3 is 9.47 Å². The predicted molar refractivity (Wildman–Crippen MR) is 60.9 cm³/mol. The van der Waals surface area contributed by atoms with Gasteiger partial charge in [0.15, 0.2) is 0 Å². The van der Waals surface area contributed by atoms with E-state index in [-0.39, 0.29) is 11.9 Å². The fourth-order valence-electron chi connectivity index (χ4n) is 1.16. The SMILES string of the molecule is CCOC(=O)CCCCC(=O)OC(C)(C)C. The van der Waals surface area contributed by atoms with Crippen molar-refractivity contribution in [3.05, 3.63) is 0 Å². The molecule has 0 fully saturated rings. The van der Waals surface area contributed by atoms with E-state index in [2.05, 4.69) is 0 Å². The maximum absolute atomic E-state index is 11.3. The summed E-state index contributed by atoms with van der Waals surface area (Å²) in [6, 6.07) is 0. The Morgan fingerprint density at radius 2 is 1.50 bits per heavy atom. The predicted octanol–water partition coefficient (Wildman–Crippen LogP) is 2.45. The fourth-order valence-corrected chi connectivity index (χ4v) is 1.16. The first-order valence-electron chi connectivity index (χ1n) is 5.72. The molecule has 0 spiro atoms. The molecule has 4 heteroatoms. The Kier molecular flexibility index (Phi) is 6.77. The van der Waals surface area contributed by atoms with Crippen LogP contribution < -0.4 is 0 Å². The molecule has 0 atom stereocenters. The summed E-state index contributed by atoms with van der Waals surface area (Å²) in [4.78, 5) is 22.3. The summed E-state index contributed by atoms with van der Waals surface area (Å²) in [5.41, 5.74) is -0.432. The normalized spacial score (nSPS) is 11.0. The largest absolute Gasteiger partial charge is 0.466 e. The lowest BCUT2D eigenvalue weighted by Crippen LogP contribution is -2.23. The molecule has 0 saturated carbocycles. The van der Waals surface area contributed by atoms with Crippen LogP contribution in [0.5, 0.6) is 0 Å². The van der Waals surface area contributed by atoms with Crippen molar-refractivity contribution in [2.45, 2.75) is 59.0 Å².